The van der Waals surface area contributed by atoms with Crippen LogP contribution in [0.4, 0.5) is 0 Å². The van der Waals surface area contributed by atoms with E-state index < -0.39 is 0 Å². The summed E-state index contributed by atoms with van der Waals surface area (Å²) in [4.78, 5) is 11.5. The molecule has 0 aliphatic heterocycles. The second-order valence-electron chi connectivity index (χ2n) is 4.75. The van der Waals surface area contributed by atoms with Gasteiger partial charge in [0.1, 0.15) is 5.76 Å². The summed E-state index contributed by atoms with van der Waals surface area (Å²) in [5, 5.41) is 6.80. The average Bonchev–Trinajstić information content (AvgIpc) is 2.90. The predicted molar refractivity (Wildman–Crippen MR) is 77.8 cm³/mol. The zero-order chi connectivity index (χ0) is 14.7. The van der Waals surface area contributed by atoms with Gasteiger partial charge in [-0.15, -0.1) is 0 Å². The SMILES string of the molecule is CNC(=O)C(C)NC(C)c1cc2cccc(OC)c2o1. The summed E-state index contributed by atoms with van der Waals surface area (Å²) < 4.78 is 11.1. The van der Waals surface area contributed by atoms with Crippen LogP contribution in [0, 0.1) is 0 Å². The van der Waals surface area contributed by atoms with E-state index in [2.05, 4.69) is 10.6 Å². The average molecular weight is 276 g/mol. The number of hydrogen-bond acceptors (Lipinski definition) is 4. The van der Waals surface area contributed by atoms with Crippen LogP contribution in [0.2, 0.25) is 0 Å². The second kappa shape index (κ2) is 5.96. The fourth-order valence-corrected chi connectivity index (χ4v) is 2.18. The van der Waals surface area contributed by atoms with E-state index in [9.17, 15) is 4.79 Å². The van der Waals surface area contributed by atoms with Crippen molar-refractivity contribution in [2.75, 3.05) is 14.2 Å². The lowest BCUT2D eigenvalue weighted by molar-refractivity contribution is -0.122. The van der Waals surface area contributed by atoms with E-state index in [0.717, 1.165) is 16.7 Å². The summed E-state index contributed by atoms with van der Waals surface area (Å²) in [6.07, 6.45) is 0. The third-order valence-electron chi connectivity index (χ3n) is 3.31. The standard InChI is InChI=1S/C15H20N2O3/c1-9(17-10(2)15(18)16-3)13-8-11-6-5-7-12(19-4)14(11)20-13/h5-10,17H,1-4H3,(H,16,18). The molecule has 0 saturated carbocycles. The Hall–Kier alpha value is -2.01. The number of benzene rings is 1. The zero-order valence-electron chi connectivity index (χ0n) is 12.2. The van der Waals surface area contributed by atoms with E-state index in [4.69, 9.17) is 9.15 Å². The number of fused-ring (bicyclic) bond motifs is 1. The Labute approximate surface area is 118 Å². The maximum Gasteiger partial charge on any atom is 0.236 e. The number of carbonyl (C=O) groups is 1. The minimum atomic E-state index is -0.287. The number of methoxy groups -OCH3 is 1. The van der Waals surface area contributed by atoms with Gasteiger partial charge in [-0.05, 0) is 26.0 Å². The lowest BCUT2D eigenvalue weighted by Crippen LogP contribution is -2.41. The number of ether oxygens (including phenoxy) is 1. The smallest absolute Gasteiger partial charge is 0.236 e. The van der Waals surface area contributed by atoms with Crippen molar-refractivity contribution in [2.45, 2.75) is 25.9 Å². The largest absolute Gasteiger partial charge is 0.493 e. The second-order valence-corrected chi connectivity index (χ2v) is 4.75. The predicted octanol–water partition coefficient (Wildman–Crippen LogP) is 2.23. The van der Waals surface area contributed by atoms with Gasteiger partial charge in [0.05, 0.1) is 19.2 Å². The van der Waals surface area contributed by atoms with Gasteiger partial charge < -0.3 is 14.5 Å². The Kier molecular flexibility index (Phi) is 4.29. The molecule has 0 aliphatic carbocycles. The van der Waals surface area contributed by atoms with E-state index in [1.54, 1.807) is 14.2 Å². The van der Waals surface area contributed by atoms with Crippen LogP contribution in [0.1, 0.15) is 25.6 Å². The summed E-state index contributed by atoms with van der Waals surface area (Å²) in [7, 11) is 3.24. The number of hydrogen-bond donors (Lipinski definition) is 2. The van der Waals surface area contributed by atoms with E-state index >= 15 is 0 Å². The number of furan rings is 1. The van der Waals surface area contributed by atoms with Crippen LogP contribution in [0.3, 0.4) is 0 Å². The van der Waals surface area contributed by atoms with E-state index in [1.807, 2.05) is 38.1 Å². The first-order valence-electron chi connectivity index (χ1n) is 6.61. The first kappa shape index (κ1) is 14.4. The van der Waals surface area contributed by atoms with E-state index in [0.29, 0.717) is 5.75 Å². The van der Waals surface area contributed by atoms with Crippen molar-refractivity contribution in [1.29, 1.82) is 0 Å². The summed E-state index contributed by atoms with van der Waals surface area (Å²) in [5.41, 5.74) is 0.728. The molecular formula is C15H20N2O3. The third kappa shape index (κ3) is 2.77. The van der Waals surface area contributed by atoms with Crippen LogP contribution < -0.4 is 15.4 Å². The van der Waals surface area contributed by atoms with Crippen LogP contribution in [0.25, 0.3) is 11.0 Å². The Balaban J connectivity index is 2.22. The lowest BCUT2D eigenvalue weighted by atomic mass is 10.2. The van der Waals surface area contributed by atoms with Gasteiger partial charge in [0.25, 0.3) is 0 Å². The van der Waals surface area contributed by atoms with Crippen molar-refractivity contribution < 1.29 is 13.9 Å². The van der Waals surface area contributed by atoms with Crippen molar-refractivity contribution in [2.24, 2.45) is 0 Å². The highest BCUT2D eigenvalue weighted by molar-refractivity contribution is 5.84. The van der Waals surface area contributed by atoms with Crippen LogP contribution in [-0.4, -0.2) is 26.1 Å². The molecule has 108 valence electrons. The van der Waals surface area contributed by atoms with Gasteiger partial charge in [-0.3, -0.25) is 10.1 Å². The molecule has 0 fully saturated rings. The molecule has 5 nitrogen and oxygen atoms in total. The molecule has 2 atom stereocenters. The van der Waals surface area contributed by atoms with Crippen molar-refractivity contribution >= 4 is 16.9 Å². The van der Waals surface area contributed by atoms with E-state index in [-0.39, 0.29) is 18.0 Å². The molecule has 2 aromatic rings. The molecule has 2 N–H and O–H groups in total. The Morgan fingerprint density at radius 2 is 2.10 bits per heavy atom. The monoisotopic (exact) mass is 276 g/mol. The molecule has 2 rings (SSSR count). The number of amides is 1. The number of carbonyl (C=O) groups excluding carboxylic acids is 1. The lowest BCUT2D eigenvalue weighted by Gasteiger charge is -2.16. The molecule has 0 bridgehead atoms. The van der Waals surface area contributed by atoms with Crippen molar-refractivity contribution in [3.63, 3.8) is 0 Å². The normalized spacial score (nSPS) is 14.0. The van der Waals surface area contributed by atoms with Crippen LogP contribution in [0.5, 0.6) is 5.75 Å². The third-order valence-corrected chi connectivity index (χ3v) is 3.31. The summed E-state index contributed by atoms with van der Waals surface area (Å²) in [5.74, 6) is 1.44. The minimum absolute atomic E-state index is 0.0504. The maximum absolute atomic E-state index is 11.5. The highest BCUT2D eigenvalue weighted by atomic mass is 16.5. The molecule has 5 heteroatoms. The van der Waals surface area contributed by atoms with Crippen LogP contribution >= 0.6 is 0 Å². The summed E-state index contributed by atoms with van der Waals surface area (Å²) >= 11 is 0. The first-order valence-corrected chi connectivity index (χ1v) is 6.61. The van der Waals surface area contributed by atoms with Gasteiger partial charge in [0, 0.05) is 12.4 Å². The highest BCUT2D eigenvalue weighted by Crippen LogP contribution is 2.30. The molecule has 1 aromatic carbocycles. The summed E-state index contributed by atoms with van der Waals surface area (Å²) in [6, 6.07) is 7.36. The number of likely N-dealkylation sites (N-methyl/N-ethyl adjacent to an activating group) is 1. The molecular weight excluding hydrogens is 256 g/mol. The Bertz CT molecular complexity index is 606. The van der Waals surface area contributed by atoms with Gasteiger partial charge in [-0.25, -0.2) is 0 Å². The van der Waals surface area contributed by atoms with Gasteiger partial charge in [0.2, 0.25) is 5.91 Å². The van der Waals surface area contributed by atoms with Crippen molar-refractivity contribution in [3.8, 4) is 5.75 Å². The topological polar surface area (TPSA) is 63.5 Å². The maximum atomic E-state index is 11.5. The fourth-order valence-electron chi connectivity index (χ4n) is 2.18. The van der Waals surface area contributed by atoms with Gasteiger partial charge >= 0.3 is 0 Å². The quantitative estimate of drug-likeness (QED) is 0.879. The molecule has 1 heterocycles. The number of nitrogens with one attached hydrogen (secondary N) is 2. The van der Waals surface area contributed by atoms with E-state index in [1.165, 1.54) is 0 Å². The molecule has 2 unspecified atom stereocenters. The molecule has 1 amide bonds. The van der Waals surface area contributed by atoms with Gasteiger partial charge in [-0.2, -0.15) is 0 Å². The number of rotatable bonds is 5. The molecule has 1 aromatic heterocycles. The molecule has 0 saturated heterocycles. The van der Waals surface area contributed by atoms with Crippen molar-refractivity contribution in [3.05, 3.63) is 30.0 Å². The highest BCUT2D eigenvalue weighted by Gasteiger charge is 2.18. The molecule has 0 aliphatic rings. The number of para-hydroxylation sites is 1. The van der Waals surface area contributed by atoms with Crippen molar-refractivity contribution in [1.82, 2.24) is 10.6 Å². The Morgan fingerprint density at radius 3 is 2.75 bits per heavy atom. The molecule has 0 spiro atoms. The van der Waals surface area contributed by atoms with Gasteiger partial charge in [-0.1, -0.05) is 12.1 Å². The van der Waals surface area contributed by atoms with Crippen LogP contribution in [-0.2, 0) is 4.79 Å². The fraction of sp³-hybridized carbons (Fsp3) is 0.400. The molecule has 20 heavy (non-hydrogen) atoms. The summed E-state index contributed by atoms with van der Waals surface area (Å²) in [6.45, 7) is 3.78. The van der Waals surface area contributed by atoms with Gasteiger partial charge in [0.15, 0.2) is 11.3 Å². The Morgan fingerprint density at radius 1 is 1.35 bits per heavy atom. The minimum Gasteiger partial charge on any atom is -0.493 e. The first-order chi connectivity index (χ1) is 9.56. The zero-order valence-corrected chi connectivity index (χ0v) is 12.2. The molecule has 0 radical (unpaired) electrons. The van der Waals surface area contributed by atoms with Crippen LogP contribution in [0.15, 0.2) is 28.7 Å².